The molecule has 0 bridgehead atoms. The van der Waals surface area contributed by atoms with Crippen molar-refractivity contribution in [2.24, 2.45) is 5.41 Å². The molecular formula is C32H38F2O4. The Kier molecular flexibility index (Phi) is 10.0. The highest BCUT2D eigenvalue weighted by molar-refractivity contribution is 5.69. The molecule has 0 aliphatic rings. The van der Waals surface area contributed by atoms with Crippen LogP contribution in [0, 0.1) is 17.0 Å². The van der Waals surface area contributed by atoms with Crippen LogP contribution in [0.4, 0.5) is 8.78 Å². The lowest BCUT2D eigenvalue weighted by Crippen LogP contribution is -2.22. The van der Waals surface area contributed by atoms with E-state index in [-0.39, 0.29) is 36.1 Å². The van der Waals surface area contributed by atoms with Crippen LogP contribution in [0.5, 0.6) is 5.75 Å². The maximum absolute atomic E-state index is 15.4. The van der Waals surface area contributed by atoms with Crippen LogP contribution in [0.15, 0.2) is 60.7 Å². The molecule has 0 aliphatic carbocycles. The van der Waals surface area contributed by atoms with Crippen LogP contribution in [0.1, 0.15) is 82.6 Å². The number of hydrogen-bond acceptors (Lipinski definition) is 3. The first-order valence-electron chi connectivity index (χ1n) is 13.2. The zero-order valence-corrected chi connectivity index (χ0v) is 22.9. The largest absolute Gasteiger partial charge is 0.486 e. The van der Waals surface area contributed by atoms with Gasteiger partial charge in [-0.1, -0.05) is 76.6 Å². The van der Waals surface area contributed by atoms with Crippen LogP contribution < -0.4 is 4.74 Å². The minimum Gasteiger partial charge on any atom is -0.486 e. The molecular weight excluding hydrogens is 486 g/mol. The summed E-state index contributed by atoms with van der Waals surface area (Å²) in [5.41, 5.74) is 2.94. The van der Waals surface area contributed by atoms with Gasteiger partial charge in [0.2, 0.25) is 0 Å². The quantitative estimate of drug-likeness (QED) is 0.257. The standard InChI is InChI=1S/C32H38F2O4/c1-6-11-22(19-29(35)36)23-13-10-15-28(30(23)34)38-20-21-16-17-24(25-12-8-9-14-27(25)33)26(18-21)31(37-7-2)32(3,4)5/h8-10,12-18,22,31H,6-7,11,19-20H2,1-5H3,(H,35,36)/t22-,31+/m0/s1. The number of carboxylic acid groups (broad SMARTS) is 1. The van der Waals surface area contributed by atoms with E-state index in [1.165, 1.54) is 6.07 Å². The Morgan fingerprint density at radius 3 is 2.32 bits per heavy atom. The lowest BCUT2D eigenvalue weighted by atomic mass is 9.81. The van der Waals surface area contributed by atoms with Gasteiger partial charge in [-0.05, 0) is 65.1 Å². The maximum Gasteiger partial charge on any atom is 0.303 e. The van der Waals surface area contributed by atoms with Crippen LogP contribution in [0.3, 0.4) is 0 Å². The molecule has 0 spiro atoms. The van der Waals surface area contributed by atoms with Gasteiger partial charge in [-0.25, -0.2) is 8.78 Å². The summed E-state index contributed by atoms with van der Waals surface area (Å²) in [5, 5.41) is 9.28. The molecule has 1 N–H and O–H groups in total. The van der Waals surface area contributed by atoms with Gasteiger partial charge in [-0.2, -0.15) is 0 Å². The van der Waals surface area contributed by atoms with Crippen molar-refractivity contribution in [1.82, 2.24) is 0 Å². The van der Waals surface area contributed by atoms with E-state index in [2.05, 4.69) is 20.8 Å². The molecule has 38 heavy (non-hydrogen) atoms. The molecule has 0 aliphatic heterocycles. The third-order valence-corrected chi connectivity index (χ3v) is 6.57. The van der Waals surface area contributed by atoms with Crippen molar-refractivity contribution in [3.05, 3.63) is 89.0 Å². The lowest BCUT2D eigenvalue weighted by Gasteiger charge is -2.32. The van der Waals surface area contributed by atoms with Crippen molar-refractivity contribution < 1.29 is 28.2 Å². The van der Waals surface area contributed by atoms with Crippen LogP contribution >= 0.6 is 0 Å². The van der Waals surface area contributed by atoms with Crippen LogP contribution in [0.25, 0.3) is 11.1 Å². The first kappa shape index (κ1) is 29.3. The minimum absolute atomic E-state index is 0.0749. The summed E-state index contributed by atoms with van der Waals surface area (Å²) in [7, 11) is 0. The van der Waals surface area contributed by atoms with Crippen LogP contribution in [-0.2, 0) is 16.1 Å². The number of benzene rings is 3. The van der Waals surface area contributed by atoms with Crippen LogP contribution in [-0.4, -0.2) is 17.7 Å². The summed E-state index contributed by atoms with van der Waals surface area (Å²) in [4.78, 5) is 11.3. The van der Waals surface area contributed by atoms with Gasteiger partial charge in [0.1, 0.15) is 12.4 Å². The fraction of sp³-hybridized carbons (Fsp3) is 0.406. The summed E-state index contributed by atoms with van der Waals surface area (Å²) >= 11 is 0. The Morgan fingerprint density at radius 2 is 1.68 bits per heavy atom. The first-order valence-corrected chi connectivity index (χ1v) is 13.2. The number of carbonyl (C=O) groups is 1. The molecule has 2 atom stereocenters. The van der Waals surface area contributed by atoms with Gasteiger partial charge in [0.25, 0.3) is 0 Å². The minimum atomic E-state index is -0.959. The number of rotatable bonds is 12. The third-order valence-electron chi connectivity index (χ3n) is 6.57. The smallest absolute Gasteiger partial charge is 0.303 e. The Bertz CT molecular complexity index is 1230. The van der Waals surface area contributed by atoms with E-state index < -0.39 is 17.7 Å². The molecule has 0 fully saturated rings. The number of ether oxygens (including phenoxy) is 2. The lowest BCUT2D eigenvalue weighted by molar-refractivity contribution is -0.137. The van der Waals surface area contributed by atoms with E-state index in [9.17, 15) is 14.3 Å². The summed E-state index contributed by atoms with van der Waals surface area (Å²) in [6.07, 6.45) is 0.863. The SMILES string of the molecule is CCC[C@@H](CC(=O)O)c1cccc(OCc2ccc(-c3ccccc3F)c([C@@H](OCC)C(C)(C)C)c2)c1F. The number of carboxylic acids is 1. The van der Waals surface area contributed by atoms with Crippen molar-refractivity contribution in [1.29, 1.82) is 0 Å². The van der Waals surface area contributed by atoms with Gasteiger partial charge >= 0.3 is 5.97 Å². The Balaban J connectivity index is 1.97. The molecule has 6 heteroatoms. The first-order chi connectivity index (χ1) is 18.1. The maximum atomic E-state index is 15.4. The highest BCUT2D eigenvalue weighted by atomic mass is 19.1. The second-order valence-corrected chi connectivity index (χ2v) is 10.6. The molecule has 0 aromatic heterocycles. The molecule has 0 unspecified atom stereocenters. The molecule has 0 saturated carbocycles. The summed E-state index contributed by atoms with van der Waals surface area (Å²) < 4.78 is 42.3. The molecule has 0 amide bonds. The molecule has 3 aromatic rings. The average molecular weight is 525 g/mol. The van der Waals surface area contributed by atoms with Gasteiger partial charge in [0, 0.05) is 12.2 Å². The Morgan fingerprint density at radius 1 is 0.947 bits per heavy atom. The summed E-state index contributed by atoms with van der Waals surface area (Å²) in [6, 6.07) is 17.2. The van der Waals surface area contributed by atoms with Gasteiger partial charge in [0.15, 0.2) is 11.6 Å². The third kappa shape index (κ3) is 7.19. The summed E-state index contributed by atoms with van der Waals surface area (Å²) in [6.45, 7) is 10.7. The van der Waals surface area contributed by atoms with Crippen molar-refractivity contribution in [3.63, 3.8) is 0 Å². The number of aliphatic carboxylic acids is 1. The second-order valence-electron chi connectivity index (χ2n) is 10.6. The van der Waals surface area contributed by atoms with Crippen LogP contribution in [0.2, 0.25) is 0 Å². The highest BCUT2D eigenvalue weighted by Crippen LogP contribution is 2.42. The monoisotopic (exact) mass is 524 g/mol. The predicted molar refractivity (Wildman–Crippen MR) is 146 cm³/mol. The van der Waals surface area contributed by atoms with E-state index in [0.717, 1.165) is 23.1 Å². The molecule has 3 aromatic carbocycles. The van der Waals surface area contributed by atoms with Crippen molar-refractivity contribution in [3.8, 4) is 16.9 Å². The Labute approximate surface area is 224 Å². The van der Waals surface area contributed by atoms with E-state index in [0.29, 0.717) is 24.2 Å². The molecule has 0 saturated heterocycles. The molecule has 0 radical (unpaired) electrons. The van der Waals surface area contributed by atoms with Crippen molar-refractivity contribution in [2.75, 3.05) is 6.61 Å². The van der Waals surface area contributed by atoms with Gasteiger partial charge in [-0.15, -0.1) is 0 Å². The fourth-order valence-electron chi connectivity index (χ4n) is 4.86. The van der Waals surface area contributed by atoms with Gasteiger partial charge in [0.05, 0.1) is 12.5 Å². The zero-order chi connectivity index (χ0) is 27.9. The molecule has 4 nitrogen and oxygen atoms in total. The molecule has 0 heterocycles. The average Bonchev–Trinajstić information content (AvgIpc) is 2.86. The van der Waals surface area contributed by atoms with Gasteiger partial charge < -0.3 is 14.6 Å². The van der Waals surface area contributed by atoms with Gasteiger partial charge in [-0.3, -0.25) is 4.79 Å². The Hall–Kier alpha value is -3.25. The van der Waals surface area contributed by atoms with E-state index in [1.54, 1.807) is 36.4 Å². The predicted octanol–water partition coefficient (Wildman–Crippen LogP) is 8.69. The number of hydrogen-bond donors (Lipinski definition) is 1. The highest BCUT2D eigenvalue weighted by Gasteiger charge is 2.30. The molecule has 3 rings (SSSR count). The van der Waals surface area contributed by atoms with E-state index >= 15 is 4.39 Å². The normalized spacial score (nSPS) is 13.2. The summed E-state index contributed by atoms with van der Waals surface area (Å²) in [5.74, 6) is -2.15. The zero-order valence-electron chi connectivity index (χ0n) is 22.9. The molecule has 204 valence electrons. The van der Waals surface area contributed by atoms with E-state index in [4.69, 9.17) is 9.47 Å². The van der Waals surface area contributed by atoms with Crippen molar-refractivity contribution in [2.45, 2.75) is 72.5 Å². The second kappa shape index (κ2) is 13.0. The fourth-order valence-corrected chi connectivity index (χ4v) is 4.86. The number of halogens is 2. The van der Waals surface area contributed by atoms with E-state index in [1.807, 2.05) is 32.0 Å². The van der Waals surface area contributed by atoms with Crippen molar-refractivity contribution >= 4 is 5.97 Å². The topological polar surface area (TPSA) is 55.8 Å².